The third-order valence-electron chi connectivity index (χ3n) is 3.95. The summed E-state index contributed by atoms with van der Waals surface area (Å²) in [5.41, 5.74) is 9.82. The number of benzene rings is 2. The van der Waals surface area contributed by atoms with Gasteiger partial charge in [-0.2, -0.15) is 5.10 Å². The smallest absolute Gasteiger partial charge is 0.203 e. The van der Waals surface area contributed by atoms with E-state index in [2.05, 4.69) is 83.3 Å². The highest BCUT2D eigenvalue weighted by molar-refractivity contribution is 7.14. The maximum atomic E-state index is 4.62. The first-order chi connectivity index (χ1) is 11.7. The topological polar surface area (TPSA) is 37.3 Å². The summed E-state index contributed by atoms with van der Waals surface area (Å²) in [6, 6.07) is 16.9. The van der Waals surface area contributed by atoms with Gasteiger partial charge < -0.3 is 0 Å². The molecular formula is C20H21N3S. The molecule has 0 spiro atoms. The van der Waals surface area contributed by atoms with Crippen molar-refractivity contribution >= 4 is 22.2 Å². The van der Waals surface area contributed by atoms with Crippen molar-refractivity contribution in [2.24, 2.45) is 5.10 Å². The minimum Gasteiger partial charge on any atom is -0.252 e. The standard InChI is InChI=1S/C20H21N3S/c1-4-16-7-11-18(12-8-16)19-13-24-20(21-19)23-22-15(3)17-9-5-14(2)6-10-17/h5-13H,4H2,1-3H3,(H,21,23)/b22-15-. The molecule has 1 heterocycles. The summed E-state index contributed by atoms with van der Waals surface area (Å²) in [5, 5.41) is 7.30. The van der Waals surface area contributed by atoms with Gasteiger partial charge in [-0.05, 0) is 31.4 Å². The summed E-state index contributed by atoms with van der Waals surface area (Å²) in [6.45, 7) is 6.24. The minimum absolute atomic E-state index is 0.802. The number of aryl methyl sites for hydroxylation is 2. The van der Waals surface area contributed by atoms with Gasteiger partial charge in [-0.1, -0.05) is 61.0 Å². The second kappa shape index (κ2) is 7.41. The first-order valence-corrected chi connectivity index (χ1v) is 8.96. The van der Waals surface area contributed by atoms with Crippen molar-refractivity contribution in [1.29, 1.82) is 0 Å². The molecule has 3 nitrogen and oxygen atoms in total. The van der Waals surface area contributed by atoms with Gasteiger partial charge in [-0.15, -0.1) is 11.3 Å². The number of nitrogens with one attached hydrogen (secondary N) is 1. The van der Waals surface area contributed by atoms with Crippen molar-refractivity contribution in [3.05, 3.63) is 70.6 Å². The average Bonchev–Trinajstić information content (AvgIpc) is 3.09. The fourth-order valence-electron chi connectivity index (χ4n) is 2.36. The lowest BCUT2D eigenvalue weighted by atomic mass is 10.1. The van der Waals surface area contributed by atoms with Crippen molar-refractivity contribution < 1.29 is 0 Å². The van der Waals surface area contributed by atoms with Crippen LogP contribution in [0.1, 0.15) is 30.5 Å². The van der Waals surface area contributed by atoms with Crippen LogP contribution in [0.4, 0.5) is 5.13 Å². The Morgan fingerprint density at radius 3 is 2.46 bits per heavy atom. The van der Waals surface area contributed by atoms with Crippen LogP contribution in [-0.4, -0.2) is 10.7 Å². The molecule has 0 amide bonds. The van der Waals surface area contributed by atoms with Crippen molar-refractivity contribution in [3.63, 3.8) is 0 Å². The summed E-state index contributed by atoms with van der Waals surface area (Å²) >= 11 is 1.56. The van der Waals surface area contributed by atoms with Crippen LogP contribution < -0.4 is 5.43 Å². The van der Waals surface area contributed by atoms with Gasteiger partial charge >= 0.3 is 0 Å². The van der Waals surface area contributed by atoms with Crippen LogP contribution >= 0.6 is 11.3 Å². The Bertz CT molecular complexity index is 830. The monoisotopic (exact) mass is 335 g/mol. The number of hydrogen-bond donors (Lipinski definition) is 1. The van der Waals surface area contributed by atoms with Crippen molar-refractivity contribution in [2.75, 3.05) is 5.43 Å². The van der Waals surface area contributed by atoms with Gasteiger partial charge in [0, 0.05) is 10.9 Å². The van der Waals surface area contributed by atoms with Crippen molar-refractivity contribution in [1.82, 2.24) is 4.98 Å². The van der Waals surface area contributed by atoms with Crippen LogP contribution in [0.15, 0.2) is 59.0 Å². The molecular weight excluding hydrogens is 314 g/mol. The molecule has 0 fully saturated rings. The van der Waals surface area contributed by atoms with Gasteiger partial charge in [0.2, 0.25) is 5.13 Å². The molecule has 1 aromatic heterocycles. The molecule has 122 valence electrons. The Labute approximate surface area is 147 Å². The number of hydrazone groups is 1. The average molecular weight is 335 g/mol. The molecule has 2 aromatic carbocycles. The third kappa shape index (κ3) is 3.89. The van der Waals surface area contributed by atoms with Crippen LogP contribution in [-0.2, 0) is 6.42 Å². The molecule has 0 saturated heterocycles. The van der Waals surface area contributed by atoms with E-state index in [1.807, 2.05) is 6.92 Å². The highest BCUT2D eigenvalue weighted by Crippen LogP contribution is 2.25. The summed E-state index contributed by atoms with van der Waals surface area (Å²) in [7, 11) is 0. The molecule has 0 unspecified atom stereocenters. The Kier molecular flexibility index (Phi) is 5.06. The second-order valence-corrected chi connectivity index (χ2v) is 6.62. The number of thiazole rings is 1. The lowest BCUT2D eigenvalue weighted by molar-refractivity contribution is 1.14. The van der Waals surface area contributed by atoms with E-state index in [1.165, 1.54) is 11.1 Å². The maximum Gasteiger partial charge on any atom is 0.203 e. The molecule has 3 aromatic rings. The summed E-state index contributed by atoms with van der Waals surface area (Å²) in [4.78, 5) is 4.62. The predicted octanol–water partition coefficient (Wildman–Crippen LogP) is 5.52. The Morgan fingerprint density at radius 1 is 1.08 bits per heavy atom. The second-order valence-electron chi connectivity index (χ2n) is 5.76. The first kappa shape index (κ1) is 16.4. The summed E-state index contributed by atoms with van der Waals surface area (Å²) in [6.07, 6.45) is 1.05. The number of aromatic nitrogens is 1. The molecule has 24 heavy (non-hydrogen) atoms. The largest absolute Gasteiger partial charge is 0.252 e. The minimum atomic E-state index is 0.802. The molecule has 4 heteroatoms. The first-order valence-electron chi connectivity index (χ1n) is 8.08. The van der Waals surface area contributed by atoms with Gasteiger partial charge in [0.1, 0.15) is 0 Å². The zero-order valence-corrected chi connectivity index (χ0v) is 15.0. The molecule has 3 rings (SSSR count). The van der Waals surface area contributed by atoms with E-state index in [0.717, 1.165) is 34.1 Å². The van der Waals surface area contributed by atoms with E-state index >= 15 is 0 Å². The number of hydrogen-bond acceptors (Lipinski definition) is 4. The van der Waals surface area contributed by atoms with E-state index in [9.17, 15) is 0 Å². The van der Waals surface area contributed by atoms with Gasteiger partial charge in [0.25, 0.3) is 0 Å². The number of nitrogens with zero attached hydrogens (tertiary/aromatic N) is 2. The maximum absolute atomic E-state index is 4.62. The SMILES string of the molecule is CCc1ccc(-c2csc(N/N=C(/C)c3ccc(C)cc3)n2)cc1. The molecule has 0 saturated carbocycles. The van der Waals surface area contributed by atoms with E-state index < -0.39 is 0 Å². The van der Waals surface area contributed by atoms with Gasteiger partial charge in [0.05, 0.1) is 11.4 Å². The number of rotatable bonds is 5. The van der Waals surface area contributed by atoms with Crippen LogP contribution in [0.2, 0.25) is 0 Å². The summed E-state index contributed by atoms with van der Waals surface area (Å²) in [5.74, 6) is 0. The molecule has 0 bridgehead atoms. The van der Waals surface area contributed by atoms with E-state index in [4.69, 9.17) is 0 Å². The molecule has 1 N–H and O–H groups in total. The predicted molar refractivity (Wildman–Crippen MR) is 104 cm³/mol. The molecule has 0 aliphatic rings. The van der Waals surface area contributed by atoms with Crippen LogP contribution in [0.3, 0.4) is 0 Å². The fraction of sp³-hybridized carbons (Fsp3) is 0.200. The summed E-state index contributed by atoms with van der Waals surface area (Å²) < 4.78 is 0. The van der Waals surface area contributed by atoms with Crippen LogP contribution in [0, 0.1) is 6.92 Å². The van der Waals surface area contributed by atoms with Gasteiger partial charge in [-0.25, -0.2) is 4.98 Å². The number of anilines is 1. The lowest BCUT2D eigenvalue weighted by Gasteiger charge is -2.02. The van der Waals surface area contributed by atoms with E-state index in [1.54, 1.807) is 11.3 Å². The van der Waals surface area contributed by atoms with Crippen molar-refractivity contribution in [3.8, 4) is 11.3 Å². The van der Waals surface area contributed by atoms with Crippen LogP contribution in [0.25, 0.3) is 11.3 Å². The van der Waals surface area contributed by atoms with Gasteiger partial charge in [-0.3, -0.25) is 5.43 Å². The Hall–Kier alpha value is -2.46. The zero-order chi connectivity index (χ0) is 16.9. The van der Waals surface area contributed by atoms with Crippen LogP contribution in [0.5, 0.6) is 0 Å². The molecule has 0 atom stereocenters. The quantitative estimate of drug-likeness (QED) is 0.492. The zero-order valence-electron chi connectivity index (χ0n) is 14.2. The van der Waals surface area contributed by atoms with Gasteiger partial charge in [0.15, 0.2) is 0 Å². The Balaban J connectivity index is 1.71. The Morgan fingerprint density at radius 2 is 1.79 bits per heavy atom. The molecule has 0 aliphatic heterocycles. The van der Waals surface area contributed by atoms with E-state index in [0.29, 0.717) is 0 Å². The molecule has 0 radical (unpaired) electrons. The van der Waals surface area contributed by atoms with Crippen molar-refractivity contribution in [2.45, 2.75) is 27.2 Å². The van der Waals surface area contributed by atoms with E-state index in [-0.39, 0.29) is 0 Å². The molecule has 0 aliphatic carbocycles. The normalized spacial score (nSPS) is 11.5. The third-order valence-corrected chi connectivity index (χ3v) is 4.70. The lowest BCUT2D eigenvalue weighted by Crippen LogP contribution is -1.99. The highest BCUT2D eigenvalue weighted by Gasteiger charge is 2.04. The fourth-order valence-corrected chi connectivity index (χ4v) is 3.02. The highest BCUT2D eigenvalue weighted by atomic mass is 32.1.